The van der Waals surface area contributed by atoms with Crippen LogP contribution in [0.25, 0.3) is 0 Å². The molecule has 0 aliphatic heterocycles. The predicted molar refractivity (Wildman–Crippen MR) is 54.0 cm³/mol. The van der Waals surface area contributed by atoms with E-state index in [1.807, 2.05) is 0 Å². The van der Waals surface area contributed by atoms with Gasteiger partial charge in [-0.1, -0.05) is 0 Å². The van der Waals surface area contributed by atoms with Crippen molar-refractivity contribution < 1.29 is 13.5 Å². The maximum absolute atomic E-state index is 11.3. The first-order valence-electron chi connectivity index (χ1n) is 4.77. The number of nitrogens with zero attached hydrogens (tertiary/aromatic N) is 1. The van der Waals surface area contributed by atoms with Crippen LogP contribution in [-0.4, -0.2) is 44.6 Å². The Morgan fingerprint density at radius 2 is 2.07 bits per heavy atom. The van der Waals surface area contributed by atoms with E-state index < -0.39 is 10.2 Å². The Kier molecular flexibility index (Phi) is 3.88. The van der Waals surface area contributed by atoms with Gasteiger partial charge in [0.2, 0.25) is 0 Å². The highest BCUT2D eigenvalue weighted by molar-refractivity contribution is 7.87. The Labute approximate surface area is 85.3 Å². The van der Waals surface area contributed by atoms with Gasteiger partial charge in [-0.3, -0.25) is 0 Å². The zero-order valence-electron chi connectivity index (χ0n) is 8.60. The van der Waals surface area contributed by atoms with E-state index in [4.69, 9.17) is 0 Å². The first kappa shape index (κ1) is 11.9. The number of hydrogen-bond donors (Lipinski definition) is 2. The molecule has 1 aliphatic rings. The molecule has 0 saturated heterocycles. The largest absolute Gasteiger partial charge is 0.393 e. The Morgan fingerprint density at radius 1 is 1.43 bits per heavy atom. The molecule has 2 N–H and O–H groups in total. The lowest BCUT2D eigenvalue weighted by atomic mass is 10.1. The molecule has 0 spiro atoms. The van der Waals surface area contributed by atoms with E-state index in [0.717, 1.165) is 17.1 Å². The molecular formula is C8H18N2O3S. The van der Waals surface area contributed by atoms with Crippen LogP contribution in [0.4, 0.5) is 0 Å². The van der Waals surface area contributed by atoms with Gasteiger partial charge in [0, 0.05) is 20.6 Å². The second kappa shape index (κ2) is 4.57. The molecule has 0 heterocycles. The fourth-order valence-electron chi connectivity index (χ4n) is 1.59. The third kappa shape index (κ3) is 3.20. The van der Waals surface area contributed by atoms with Gasteiger partial charge in [0.1, 0.15) is 0 Å². The van der Waals surface area contributed by atoms with Crippen molar-refractivity contribution >= 4 is 10.2 Å². The lowest BCUT2D eigenvalue weighted by Crippen LogP contribution is -2.38. The van der Waals surface area contributed by atoms with Crippen LogP contribution in [0.2, 0.25) is 0 Å². The molecule has 14 heavy (non-hydrogen) atoms. The summed E-state index contributed by atoms with van der Waals surface area (Å²) in [5.41, 5.74) is 0. The normalized spacial score (nSPS) is 28.6. The van der Waals surface area contributed by atoms with Gasteiger partial charge in [0.05, 0.1) is 6.10 Å². The lowest BCUT2D eigenvalue weighted by Gasteiger charge is -2.15. The summed E-state index contributed by atoms with van der Waals surface area (Å²) in [6.07, 6.45) is 2.14. The van der Waals surface area contributed by atoms with E-state index in [1.165, 1.54) is 14.1 Å². The molecule has 0 aromatic carbocycles. The van der Waals surface area contributed by atoms with Gasteiger partial charge in [-0.25, -0.2) is 4.72 Å². The molecule has 1 aliphatic carbocycles. The minimum Gasteiger partial charge on any atom is -0.393 e. The van der Waals surface area contributed by atoms with E-state index in [1.54, 1.807) is 0 Å². The fourth-order valence-corrected chi connectivity index (χ4v) is 2.29. The van der Waals surface area contributed by atoms with E-state index in [-0.39, 0.29) is 12.0 Å². The van der Waals surface area contributed by atoms with Crippen LogP contribution >= 0.6 is 0 Å². The molecule has 84 valence electrons. The maximum atomic E-state index is 11.3. The maximum Gasteiger partial charge on any atom is 0.278 e. The predicted octanol–water partition coefficient (Wildman–Crippen LogP) is -0.457. The summed E-state index contributed by atoms with van der Waals surface area (Å²) in [6, 6.07) is 0. The van der Waals surface area contributed by atoms with Crippen LogP contribution < -0.4 is 4.72 Å². The highest BCUT2D eigenvalue weighted by atomic mass is 32.2. The van der Waals surface area contributed by atoms with Crippen molar-refractivity contribution in [2.45, 2.75) is 25.4 Å². The second-order valence-electron chi connectivity index (χ2n) is 3.97. The van der Waals surface area contributed by atoms with Crippen LogP contribution in [0.5, 0.6) is 0 Å². The molecule has 2 atom stereocenters. The van der Waals surface area contributed by atoms with Crippen LogP contribution in [0.3, 0.4) is 0 Å². The third-order valence-corrected chi connectivity index (χ3v) is 4.04. The van der Waals surface area contributed by atoms with Crippen molar-refractivity contribution in [2.24, 2.45) is 5.92 Å². The molecule has 0 aromatic heterocycles. The van der Waals surface area contributed by atoms with Crippen LogP contribution in [0, 0.1) is 5.92 Å². The van der Waals surface area contributed by atoms with Crippen molar-refractivity contribution in [3.63, 3.8) is 0 Å². The van der Waals surface area contributed by atoms with Gasteiger partial charge in [0.15, 0.2) is 0 Å². The monoisotopic (exact) mass is 222 g/mol. The quantitative estimate of drug-likeness (QED) is 0.676. The first-order valence-corrected chi connectivity index (χ1v) is 6.21. The molecule has 1 fully saturated rings. The summed E-state index contributed by atoms with van der Waals surface area (Å²) in [6.45, 7) is 0.428. The number of hydrogen-bond acceptors (Lipinski definition) is 3. The fraction of sp³-hybridized carbons (Fsp3) is 1.00. The molecular weight excluding hydrogens is 204 g/mol. The average molecular weight is 222 g/mol. The van der Waals surface area contributed by atoms with E-state index >= 15 is 0 Å². The highest BCUT2D eigenvalue weighted by Crippen LogP contribution is 2.24. The molecule has 0 radical (unpaired) electrons. The van der Waals surface area contributed by atoms with Crippen molar-refractivity contribution in [2.75, 3.05) is 20.6 Å². The van der Waals surface area contributed by atoms with Crippen molar-refractivity contribution in [3.8, 4) is 0 Å². The van der Waals surface area contributed by atoms with Crippen molar-refractivity contribution in [1.82, 2.24) is 9.03 Å². The van der Waals surface area contributed by atoms with Gasteiger partial charge >= 0.3 is 0 Å². The standard InChI is InChI=1S/C8H18N2O3S/c1-10(2)14(12,13)9-6-7-3-4-8(11)5-7/h7-9,11H,3-6H2,1-2H3. The number of aliphatic hydroxyl groups excluding tert-OH is 1. The highest BCUT2D eigenvalue weighted by Gasteiger charge is 2.24. The SMILES string of the molecule is CN(C)S(=O)(=O)NCC1CCC(O)C1. The van der Waals surface area contributed by atoms with Crippen LogP contribution in [-0.2, 0) is 10.2 Å². The summed E-state index contributed by atoms with van der Waals surface area (Å²) < 4.78 is 26.3. The average Bonchev–Trinajstić information content (AvgIpc) is 2.48. The smallest absolute Gasteiger partial charge is 0.278 e. The Hall–Kier alpha value is -0.170. The van der Waals surface area contributed by atoms with Crippen molar-refractivity contribution in [3.05, 3.63) is 0 Å². The zero-order valence-corrected chi connectivity index (χ0v) is 9.42. The minimum atomic E-state index is -3.30. The topological polar surface area (TPSA) is 69.6 Å². The summed E-state index contributed by atoms with van der Waals surface area (Å²) >= 11 is 0. The molecule has 0 aromatic rings. The molecule has 0 amide bonds. The molecule has 1 rings (SSSR count). The summed E-state index contributed by atoms with van der Waals surface area (Å²) in [4.78, 5) is 0. The van der Waals surface area contributed by atoms with Gasteiger partial charge in [-0.2, -0.15) is 12.7 Å². The van der Waals surface area contributed by atoms with E-state index in [0.29, 0.717) is 13.0 Å². The third-order valence-electron chi connectivity index (χ3n) is 2.55. The molecule has 1 saturated carbocycles. The molecule has 0 bridgehead atoms. The van der Waals surface area contributed by atoms with Crippen LogP contribution in [0.15, 0.2) is 0 Å². The molecule has 2 unspecified atom stereocenters. The van der Waals surface area contributed by atoms with Gasteiger partial charge in [-0.15, -0.1) is 0 Å². The van der Waals surface area contributed by atoms with Gasteiger partial charge in [0.25, 0.3) is 10.2 Å². The molecule has 5 nitrogen and oxygen atoms in total. The second-order valence-corrected chi connectivity index (χ2v) is 5.94. The van der Waals surface area contributed by atoms with E-state index in [2.05, 4.69) is 4.72 Å². The summed E-state index contributed by atoms with van der Waals surface area (Å²) in [7, 11) is -0.318. The Morgan fingerprint density at radius 3 is 2.50 bits per heavy atom. The van der Waals surface area contributed by atoms with Gasteiger partial charge < -0.3 is 5.11 Å². The number of nitrogens with one attached hydrogen (secondary N) is 1. The number of rotatable bonds is 4. The lowest BCUT2D eigenvalue weighted by molar-refractivity contribution is 0.178. The Bertz CT molecular complexity index is 276. The minimum absolute atomic E-state index is 0.246. The summed E-state index contributed by atoms with van der Waals surface area (Å²) in [5, 5.41) is 9.25. The first-order chi connectivity index (χ1) is 6.42. The summed E-state index contributed by atoms with van der Waals surface area (Å²) in [5.74, 6) is 0.278. The molecule has 6 heteroatoms. The van der Waals surface area contributed by atoms with Gasteiger partial charge in [-0.05, 0) is 25.2 Å². The van der Waals surface area contributed by atoms with E-state index in [9.17, 15) is 13.5 Å². The Balaban J connectivity index is 2.34. The zero-order chi connectivity index (χ0) is 10.8. The van der Waals surface area contributed by atoms with Crippen LogP contribution in [0.1, 0.15) is 19.3 Å². The number of aliphatic hydroxyl groups is 1. The van der Waals surface area contributed by atoms with Crippen molar-refractivity contribution in [1.29, 1.82) is 0 Å².